The smallest absolute Gasteiger partial charge is 0.224 e. The first kappa shape index (κ1) is 20.3. The predicted molar refractivity (Wildman–Crippen MR) is 128 cm³/mol. The lowest BCUT2D eigenvalue weighted by Gasteiger charge is -2.26. The largest absolute Gasteiger partial charge is 0.355 e. The lowest BCUT2D eigenvalue weighted by Crippen LogP contribution is -2.36. The lowest BCUT2D eigenvalue weighted by atomic mass is 10.0. The van der Waals surface area contributed by atoms with Crippen LogP contribution < -0.4 is 5.32 Å². The third-order valence-corrected chi connectivity index (χ3v) is 5.93. The zero-order valence-electron chi connectivity index (χ0n) is 18.4. The van der Waals surface area contributed by atoms with Crippen molar-refractivity contribution in [1.82, 2.24) is 30.0 Å². The van der Waals surface area contributed by atoms with Gasteiger partial charge in [0.15, 0.2) is 0 Å². The van der Waals surface area contributed by atoms with Crippen molar-refractivity contribution in [2.24, 2.45) is 0 Å². The van der Waals surface area contributed by atoms with Crippen LogP contribution in [0, 0.1) is 0 Å². The Morgan fingerprint density at radius 3 is 2.97 bits per heavy atom. The van der Waals surface area contributed by atoms with Crippen LogP contribution in [-0.4, -0.2) is 69.6 Å². The van der Waals surface area contributed by atoms with Crippen molar-refractivity contribution in [2.75, 3.05) is 39.0 Å². The van der Waals surface area contributed by atoms with Crippen molar-refractivity contribution < 1.29 is 4.79 Å². The molecule has 0 bridgehead atoms. The highest BCUT2D eigenvalue weighted by molar-refractivity contribution is 5.95. The number of aromatic amines is 2. The Hall–Kier alpha value is -3.65. The summed E-state index contributed by atoms with van der Waals surface area (Å²) in [6, 6.07) is 10.3. The fourth-order valence-electron chi connectivity index (χ4n) is 4.10. The van der Waals surface area contributed by atoms with Crippen molar-refractivity contribution >= 4 is 44.8 Å². The van der Waals surface area contributed by atoms with E-state index in [1.807, 2.05) is 54.5 Å². The minimum atomic E-state index is 0.216. The summed E-state index contributed by atoms with van der Waals surface area (Å²) in [5, 5.41) is 12.7. The SMILES string of the molecule is CN(C)CCC(=O)N1CC=C(c2cc3c(Nc4ccc5[nH]ncc5c4)ccnc3[nH]2)CC1. The molecule has 32 heavy (non-hydrogen) atoms. The maximum absolute atomic E-state index is 12.4. The second-order valence-electron chi connectivity index (χ2n) is 8.47. The summed E-state index contributed by atoms with van der Waals surface area (Å²) in [6.45, 7) is 2.18. The molecule has 0 saturated heterocycles. The van der Waals surface area contributed by atoms with Gasteiger partial charge in [0.1, 0.15) is 5.65 Å². The van der Waals surface area contributed by atoms with E-state index in [0.717, 1.165) is 58.5 Å². The topological polar surface area (TPSA) is 92.9 Å². The molecule has 0 atom stereocenters. The Bertz CT molecular complexity index is 1300. The molecular weight excluding hydrogens is 402 g/mol. The first-order valence-electron chi connectivity index (χ1n) is 10.9. The van der Waals surface area contributed by atoms with Gasteiger partial charge in [0, 0.05) is 54.4 Å². The number of carbonyl (C=O) groups excluding carboxylic acids is 1. The number of H-pyrrole nitrogens is 2. The normalized spacial score (nSPS) is 14.3. The molecule has 0 saturated carbocycles. The molecule has 0 radical (unpaired) electrons. The molecule has 1 aliphatic heterocycles. The van der Waals surface area contributed by atoms with Gasteiger partial charge in [-0.05, 0) is 56.4 Å². The lowest BCUT2D eigenvalue weighted by molar-refractivity contribution is -0.131. The van der Waals surface area contributed by atoms with Gasteiger partial charge in [-0.1, -0.05) is 6.08 Å². The van der Waals surface area contributed by atoms with Crippen LogP contribution in [0.15, 0.2) is 48.8 Å². The number of hydrogen-bond acceptors (Lipinski definition) is 5. The number of nitrogens with zero attached hydrogens (tertiary/aromatic N) is 4. The number of fused-ring (bicyclic) bond motifs is 2. The third kappa shape index (κ3) is 4.09. The molecule has 4 aromatic rings. The minimum absolute atomic E-state index is 0.216. The molecule has 1 aromatic carbocycles. The highest BCUT2D eigenvalue weighted by Crippen LogP contribution is 2.31. The molecule has 1 amide bonds. The number of rotatable bonds is 6. The number of hydrogen-bond donors (Lipinski definition) is 3. The summed E-state index contributed by atoms with van der Waals surface area (Å²) < 4.78 is 0. The maximum atomic E-state index is 12.4. The highest BCUT2D eigenvalue weighted by atomic mass is 16.2. The third-order valence-electron chi connectivity index (χ3n) is 5.93. The van der Waals surface area contributed by atoms with Crippen LogP contribution in [0.4, 0.5) is 11.4 Å². The van der Waals surface area contributed by atoms with Crippen molar-refractivity contribution in [3.05, 3.63) is 54.5 Å². The predicted octanol–water partition coefficient (Wildman–Crippen LogP) is 3.75. The number of anilines is 2. The minimum Gasteiger partial charge on any atom is -0.355 e. The molecule has 3 N–H and O–H groups in total. The van der Waals surface area contributed by atoms with E-state index in [-0.39, 0.29) is 5.91 Å². The van der Waals surface area contributed by atoms with Gasteiger partial charge in [0.2, 0.25) is 5.91 Å². The molecule has 5 rings (SSSR count). The zero-order chi connectivity index (χ0) is 22.1. The van der Waals surface area contributed by atoms with E-state index < -0.39 is 0 Å². The Kier molecular flexibility index (Phi) is 5.36. The van der Waals surface area contributed by atoms with E-state index in [4.69, 9.17) is 0 Å². The second kappa shape index (κ2) is 8.47. The average molecular weight is 430 g/mol. The van der Waals surface area contributed by atoms with Gasteiger partial charge in [-0.2, -0.15) is 5.10 Å². The Labute approximate surface area is 186 Å². The Morgan fingerprint density at radius 2 is 2.16 bits per heavy atom. The van der Waals surface area contributed by atoms with Gasteiger partial charge in [-0.3, -0.25) is 9.89 Å². The van der Waals surface area contributed by atoms with Crippen LogP contribution in [0.2, 0.25) is 0 Å². The molecular formula is C24H27N7O. The molecule has 0 unspecified atom stereocenters. The summed E-state index contributed by atoms with van der Waals surface area (Å²) in [7, 11) is 3.98. The summed E-state index contributed by atoms with van der Waals surface area (Å²) in [5.74, 6) is 0.216. The second-order valence-corrected chi connectivity index (χ2v) is 8.47. The number of carbonyl (C=O) groups is 1. The van der Waals surface area contributed by atoms with Crippen LogP contribution in [0.25, 0.3) is 27.5 Å². The molecule has 164 valence electrons. The van der Waals surface area contributed by atoms with Gasteiger partial charge in [-0.15, -0.1) is 0 Å². The summed E-state index contributed by atoms with van der Waals surface area (Å²) in [5.41, 5.74) is 6.14. The van der Waals surface area contributed by atoms with E-state index in [2.05, 4.69) is 43.7 Å². The van der Waals surface area contributed by atoms with Gasteiger partial charge in [0.05, 0.1) is 17.4 Å². The first-order valence-corrected chi connectivity index (χ1v) is 10.9. The first-order chi connectivity index (χ1) is 15.6. The number of nitrogens with one attached hydrogen (secondary N) is 3. The number of pyridine rings is 1. The monoisotopic (exact) mass is 429 g/mol. The quantitative estimate of drug-likeness (QED) is 0.434. The van der Waals surface area contributed by atoms with Crippen molar-refractivity contribution in [1.29, 1.82) is 0 Å². The number of amides is 1. The highest BCUT2D eigenvalue weighted by Gasteiger charge is 2.19. The molecule has 4 heterocycles. The Morgan fingerprint density at radius 1 is 1.25 bits per heavy atom. The molecule has 0 aliphatic carbocycles. The number of benzene rings is 1. The van der Waals surface area contributed by atoms with Gasteiger partial charge in [0.25, 0.3) is 0 Å². The van der Waals surface area contributed by atoms with Crippen LogP contribution in [0.3, 0.4) is 0 Å². The van der Waals surface area contributed by atoms with E-state index in [9.17, 15) is 4.79 Å². The summed E-state index contributed by atoms with van der Waals surface area (Å²) >= 11 is 0. The molecule has 0 spiro atoms. The molecule has 3 aromatic heterocycles. The van der Waals surface area contributed by atoms with Crippen molar-refractivity contribution in [3.8, 4) is 0 Å². The summed E-state index contributed by atoms with van der Waals surface area (Å²) in [4.78, 5) is 24.4. The van der Waals surface area contributed by atoms with Crippen LogP contribution in [0.1, 0.15) is 18.5 Å². The number of aromatic nitrogens is 4. The molecule has 1 aliphatic rings. The fraction of sp³-hybridized carbons (Fsp3) is 0.292. The molecule has 8 heteroatoms. The van der Waals surface area contributed by atoms with Crippen LogP contribution in [-0.2, 0) is 4.79 Å². The fourth-order valence-corrected chi connectivity index (χ4v) is 4.10. The van der Waals surface area contributed by atoms with E-state index in [1.54, 1.807) is 0 Å². The van der Waals surface area contributed by atoms with Crippen LogP contribution in [0.5, 0.6) is 0 Å². The molecule has 0 fully saturated rings. The Balaban J connectivity index is 1.34. The van der Waals surface area contributed by atoms with Crippen LogP contribution >= 0.6 is 0 Å². The maximum Gasteiger partial charge on any atom is 0.224 e. The standard InChI is InChI=1S/C24H27N7O/c1-30(2)10-8-23(32)31-11-6-16(7-12-31)22-14-19-21(5-9-25-24(19)28-22)27-18-3-4-20-17(13-18)15-26-29-20/h3-6,9,13-15H,7-8,10-12H2,1-2H3,(H,26,29)(H2,25,27,28). The van der Waals surface area contributed by atoms with E-state index in [0.29, 0.717) is 13.0 Å². The van der Waals surface area contributed by atoms with Gasteiger partial charge in [-0.25, -0.2) is 4.98 Å². The van der Waals surface area contributed by atoms with Crippen molar-refractivity contribution in [3.63, 3.8) is 0 Å². The van der Waals surface area contributed by atoms with Crippen molar-refractivity contribution in [2.45, 2.75) is 12.8 Å². The average Bonchev–Trinajstić information content (AvgIpc) is 3.45. The zero-order valence-corrected chi connectivity index (χ0v) is 18.4. The van der Waals surface area contributed by atoms with Gasteiger partial charge < -0.3 is 20.1 Å². The summed E-state index contributed by atoms with van der Waals surface area (Å²) in [6.07, 6.45) is 7.18. The van der Waals surface area contributed by atoms with E-state index >= 15 is 0 Å². The molecule has 8 nitrogen and oxygen atoms in total. The van der Waals surface area contributed by atoms with E-state index in [1.165, 1.54) is 5.57 Å². The van der Waals surface area contributed by atoms with Gasteiger partial charge >= 0.3 is 0 Å².